The molecule has 0 spiro atoms. The summed E-state index contributed by atoms with van der Waals surface area (Å²) in [5.41, 5.74) is -0.442. The van der Waals surface area contributed by atoms with Crippen LogP contribution in [0.4, 0.5) is 4.79 Å². The molecule has 0 saturated heterocycles. The predicted octanol–water partition coefficient (Wildman–Crippen LogP) is 2.84. The number of hydrogen-bond donors (Lipinski definition) is 1. The minimum Gasteiger partial charge on any atom is -0.444 e. The Labute approximate surface area is 103 Å². The molecule has 0 aromatic rings. The van der Waals surface area contributed by atoms with Crippen LogP contribution in [-0.2, 0) is 4.74 Å². The summed E-state index contributed by atoms with van der Waals surface area (Å²) in [5, 5.41) is 11.6. The molecule has 1 fully saturated rings. The molecule has 0 bridgehead atoms. The molecule has 0 radical (unpaired) electrons. The largest absolute Gasteiger partial charge is 0.444 e. The van der Waals surface area contributed by atoms with Gasteiger partial charge in [-0.1, -0.05) is 0 Å². The molecule has 4 nitrogen and oxygen atoms in total. The Balaban J connectivity index is 2.20. The minimum absolute atomic E-state index is 0.216. The molecule has 96 valence electrons. The first kappa shape index (κ1) is 13.8. The zero-order valence-electron chi connectivity index (χ0n) is 11.0. The lowest BCUT2D eigenvalue weighted by Gasteiger charge is -2.26. The molecule has 0 heterocycles. The van der Waals surface area contributed by atoms with Crippen molar-refractivity contribution in [1.29, 1.82) is 5.26 Å². The second kappa shape index (κ2) is 5.90. The topological polar surface area (TPSA) is 62.1 Å². The first-order valence-electron chi connectivity index (χ1n) is 6.27. The van der Waals surface area contributed by atoms with Gasteiger partial charge in [0, 0.05) is 12.5 Å². The molecular formula is C13H22N2O2. The van der Waals surface area contributed by atoms with E-state index in [4.69, 9.17) is 10.00 Å². The number of nitriles is 1. The molecule has 0 aromatic heterocycles. The molecule has 1 N–H and O–H groups in total. The Bertz CT molecular complexity index is 294. The highest BCUT2D eigenvalue weighted by Gasteiger charge is 2.22. The van der Waals surface area contributed by atoms with Crippen LogP contribution in [0.25, 0.3) is 0 Å². The van der Waals surface area contributed by atoms with E-state index in [1.165, 1.54) is 0 Å². The van der Waals surface area contributed by atoms with Crippen LogP contribution in [0.2, 0.25) is 0 Å². The van der Waals surface area contributed by atoms with Crippen molar-refractivity contribution >= 4 is 6.09 Å². The molecule has 0 atom stereocenters. The minimum atomic E-state index is -0.442. The summed E-state index contributed by atoms with van der Waals surface area (Å²) in [6.45, 7) is 6.22. The van der Waals surface area contributed by atoms with Crippen molar-refractivity contribution in [3.05, 3.63) is 0 Å². The number of carbonyl (C=O) groups is 1. The number of nitrogens with one attached hydrogen (secondary N) is 1. The van der Waals surface area contributed by atoms with E-state index in [0.29, 0.717) is 12.5 Å². The first-order valence-corrected chi connectivity index (χ1v) is 6.27. The van der Waals surface area contributed by atoms with Crippen molar-refractivity contribution in [2.75, 3.05) is 6.54 Å². The summed E-state index contributed by atoms with van der Waals surface area (Å²) in [4.78, 5) is 11.4. The fourth-order valence-electron chi connectivity index (χ4n) is 2.04. The molecule has 1 rings (SSSR count). The number of alkyl carbamates (subject to hydrolysis) is 1. The zero-order valence-corrected chi connectivity index (χ0v) is 11.0. The summed E-state index contributed by atoms with van der Waals surface area (Å²) < 4.78 is 5.17. The fourth-order valence-corrected chi connectivity index (χ4v) is 2.04. The third-order valence-electron chi connectivity index (χ3n) is 2.96. The van der Waals surface area contributed by atoms with Gasteiger partial charge in [-0.05, 0) is 52.4 Å². The van der Waals surface area contributed by atoms with Gasteiger partial charge in [0.2, 0.25) is 0 Å². The molecule has 1 aliphatic rings. The van der Waals surface area contributed by atoms with Crippen molar-refractivity contribution in [3.8, 4) is 6.07 Å². The van der Waals surface area contributed by atoms with Crippen LogP contribution in [0.3, 0.4) is 0 Å². The number of carbonyl (C=O) groups excluding carboxylic acids is 1. The van der Waals surface area contributed by atoms with E-state index in [-0.39, 0.29) is 12.0 Å². The monoisotopic (exact) mass is 238 g/mol. The van der Waals surface area contributed by atoms with E-state index < -0.39 is 5.60 Å². The van der Waals surface area contributed by atoms with Gasteiger partial charge < -0.3 is 10.1 Å². The number of nitrogens with zero attached hydrogens (tertiary/aromatic N) is 1. The first-order chi connectivity index (χ1) is 7.90. The van der Waals surface area contributed by atoms with Crippen LogP contribution in [0.1, 0.15) is 46.5 Å². The van der Waals surface area contributed by atoms with E-state index in [1.54, 1.807) is 0 Å². The average Bonchev–Trinajstić information content (AvgIpc) is 2.25. The van der Waals surface area contributed by atoms with E-state index in [1.807, 2.05) is 20.8 Å². The normalized spacial score (nSPS) is 24.8. The number of ether oxygens (including phenoxy) is 1. The number of amides is 1. The van der Waals surface area contributed by atoms with Crippen LogP contribution in [0, 0.1) is 23.2 Å². The fraction of sp³-hybridized carbons (Fsp3) is 0.846. The van der Waals surface area contributed by atoms with Crippen LogP contribution in [-0.4, -0.2) is 18.2 Å². The maximum Gasteiger partial charge on any atom is 0.407 e. The molecular weight excluding hydrogens is 216 g/mol. The van der Waals surface area contributed by atoms with E-state index in [0.717, 1.165) is 25.7 Å². The molecule has 17 heavy (non-hydrogen) atoms. The van der Waals surface area contributed by atoms with Gasteiger partial charge in [-0.2, -0.15) is 5.26 Å². The van der Waals surface area contributed by atoms with Gasteiger partial charge in [-0.15, -0.1) is 0 Å². The molecule has 1 amide bonds. The molecule has 4 heteroatoms. The molecule has 1 aliphatic carbocycles. The van der Waals surface area contributed by atoms with Crippen LogP contribution < -0.4 is 5.32 Å². The zero-order chi connectivity index (χ0) is 12.9. The third-order valence-corrected chi connectivity index (χ3v) is 2.96. The van der Waals surface area contributed by atoms with Crippen molar-refractivity contribution in [1.82, 2.24) is 5.32 Å². The van der Waals surface area contributed by atoms with E-state index in [2.05, 4.69) is 11.4 Å². The summed E-state index contributed by atoms with van der Waals surface area (Å²) in [6.07, 6.45) is 3.61. The van der Waals surface area contributed by atoms with Gasteiger partial charge in [-0.3, -0.25) is 0 Å². The third kappa shape index (κ3) is 5.58. The van der Waals surface area contributed by atoms with Gasteiger partial charge in [0.05, 0.1) is 6.07 Å². The molecule has 1 saturated carbocycles. The highest BCUT2D eigenvalue weighted by atomic mass is 16.6. The average molecular weight is 238 g/mol. The maximum atomic E-state index is 11.4. The Kier molecular flexibility index (Phi) is 4.80. The van der Waals surface area contributed by atoms with Crippen molar-refractivity contribution in [2.45, 2.75) is 52.1 Å². The van der Waals surface area contributed by atoms with E-state index in [9.17, 15) is 4.79 Å². The Morgan fingerprint density at radius 2 is 1.94 bits per heavy atom. The van der Waals surface area contributed by atoms with Gasteiger partial charge in [0.15, 0.2) is 0 Å². The lowest BCUT2D eigenvalue weighted by molar-refractivity contribution is 0.0514. The van der Waals surface area contributed by atoms with Gasteiger partial charge in [0.1, 0.15) is 5.60 Å². The number of hydrogen-bond acceptors (Lipinski definition) is 3. The molecule has 0 aromatic carbocycles. The number of rotatable bonds is 2. The van der Waals surface area contributed by atoms with Crippen LogP contribution >= 0.6 is 0 Å². The quantitative estimate of drug-likeness (QED) is 0.804. The van der Waals surface area contributed by atoms with Gasteiger partial charge in [0.25, 0.3) is 0 Å². The second-order valence-corrected chi connectivity index (χ2v) is 5.73. The highest BCUT2D eigenvalue weighted by molar-refractivity contribution is 5.67. The van der Waals surface area contributed by atoms with E-state index >= 15 is 0 Å². The molecule has 0 unspecified atom stereocenters. The van der Waals surface area contributed by atoms with Gasteiger partial charge in [-0.25, -0.2) is 4.79 Å². The Hall–Kier alpha value is -1.24. The standard InChI is InChI=1S/C13H22N2O2/c1-13(2,3)17-12(16)15-9-11-6-4-10(8-14)5-7-11/h10-11H,4-7,9H2,1-3H3,(H,15,16)/t10-,11+. The van der Waals surface area contributed by atoms with Crippen LogP contribution in [0.15, 0.2) is 0 Å². The summed E-state index contributed by atoms with van der Waals surface area (Å²) in [6, 6.07) is 2.31. The smallest absolute Gasteiger partial charge is 0.407 e. The predicted molar refractivity (Wildman–Crippen MR) is 65.3 cm³/mol. The van der Waals surface area contributed by atoms with Crippen molar-refractivity contribution in [3.63, 3.8) is 0 Å². The summed E-state index contributed by atoms with van der Waals surface area (Å²) >= 11 is 0. The van der Waals surface area contributed by atoms with Crippen molar-refractivity contribution < 1.29 is 9.53 Å². The van der Waals surface area contributed by atoms with Gasteiger partial charge >= 0.3 is 6.09 Å². The summed E-state index contributed by atoms with van der Waals surface area (Å²) in [5.74, 6) is 0.708. The van der Waals surface area contributed by atoms with Crippen molar-refractivity contribution in [2.24, 2.45) is 11.8 Å². The maximum absolute atomic E-state index is 11.4. The van der Waals surface area contributed by atoms with Crippen LogP contribution in [0.5, 0.6) is 0 Å². The summed E-state index contributed by atoms with van der Waals surface area (Å²) in [7, 11) is 0. The highest BCUT2D eigenvalue weighted by Crippen LogP contribution is 2.27. The lowest BCUT2D eigenvalue weighted by atomic mass is 9.83. The Morgan fingerprint density at radius 3 is 2.41 bits per heavy atom. The lowest BCUT2D eigenvalue weighted by Crippen LogP contribution is -2.36. The SMILES string of the molecule is CC(C)(C)OC(=O)NC[C@H]1CC[C@@H](C#N)CC1. The second-order valence-electron chi connectivity index (χ2n) is 5.73. The molecule has 0 aliphatic heterocycles. The Morgan fingerprint density at radius 1 is 1.35 bits per heavy atom.